The van der Waals surface area contributed by atoms with Gasteiger partial charge in [0.2, 0.25) is 5.89 Å². The summed E-state index contributed by atoms with van der Waals surface area (Å²) in [5.74, 6) is 0.0857. The number of halogens is 1. The molecule has 7 heteroatoms. The van der Waals surface area contributed by atoms with Gasteiger partial charge in [-0.15, -0.1) is 16.4 Å². The summed E-state index contributed by atoms with van der Waals surface area (Å²) in [5.41, 5.74) is 3.47. The van der Waals surface area contributed by atoms with Gasteiger partial charge in [-0.1, -0.05) is 58.7 Å². The Morgan fingerprint density at radius 2 is 2.00 bits per heavy atom. The average Bonchev–Trinajstić information content (AvgIpc) is 3.22. The number of rotatable bonds is 4. The largest absolute Gasteiger partial charge is 0.407 e. The maximum Gasteiger partial charge on any atom is 0.322 e. The number of benzene rings is 2. The van der Waals surface area contributed by atoms with Crippen LogP contribution in [0.4, 0.5) is 6.01 Å². The summed E-state index contributed by atoms with van der Waals surface area (Å²) in [6.07, 6.45) is 0.513. The molecule has 0 aliphatic heterocycles. The number of hydrogen-bond acceptors (Lipinski definition) is 5. The van der Waals surface area contributed by atoms with Crippen LogP contribution in [0.1, 0.15) is 32.3 Å². The van der Waals surface area contributed by atoms with E-state index in [1.165, 1.54) is 16.9 Å². The second-order valence-corrected chi connectivity index (χ2v) is 7.73. The summed E-state index contributed by atoms with van der Waals surface area (Å²) in [6, 6.07) is 13.9. The van der Waals surface area contributed by atoms with E-state index in [-0.39, 0.29) is 11.9 Å². The number of aryl methyl sites for hydroxylation is 2. The number of amides is 1. The van der Waals surface area contributed by atoms with E-state index in [0.29, 0.717) is 22.2 Å². The van der Waals surface area contributed by atoms with Gasteiger partial charge < -0.3 is 4.42 Å². The molecule has 0 saturated heterocycles. The molecule has 1 N–H and O–H groups in total. The fraction of sp³-hybridized carbons (Fsp3) is 0.150. The Kier molecular flexibility index (Phi) is 4.68. The monoisotopic (exact) mass is 397 g/mol. The van der Waals surface area contributed by atoms with Crippen molar-refractivity contribution >= 4 is 44.9 Å². The van der Waals surface area contributed by atoms with Gasteiger partial charge >= 0.3 is 6.01 Å². The van der Waals surface area contributed by atoms with Gasteiger partial charge in [0, 0.05) is 10.1 Å². The highest BCUT2D eigenvalue weighted by Crippen LogP contribution is 2.35. The van der Waals surface area contributed by atoms with Crippen LogP contribution >= 0.6 is 22.9 Å². The van der Waals surface area contributed by atoms with Crippen LogP contribution in [-0.2, 0) is 6.42 Å². The first kappa shape index (κ1) is 17.7. The molecule has 0 bridgehead atoms. The lowest BCUT2D eigenvalue weighted by Gasteiger charge is -2.03. The summed E-state index contributed by atoms with van der Waals surface area (Å²) in [4.78, 5) is 13.0. The lowest BCUT2D eigenvalue weighted by molar-refractivity contribution is 0.102. The van der Waals surface area contributed by atoms with E-state index in [1.807, 2.05) is 43.3 Å². The van der Waals surface area contributed by atoms with Gasteiger partial charge in [-0.05, 0) is 31.0 Å². The maximum absolute atomic E-state index is 12.6. The zero-order chi connectivity index (χ0) is 19.0. The van der Waals surface area contributed by atoms with E-state index in [9.17, 15) is 4.79 Å². The second kappa shape index (κ2) is 7.13. The Morgan fingerprint density at radius 1 is 1.19 bits per heavy atom. The molecular formula is C20H16ClN3O2S. The molecule has 0 spiro atoms. The van der Waals surface area contributed by atoms with Gasteiger partial charge in [0.25, 0.3) is 5.91 Å². The Morgan fingerprint density at radius 3 is 2.78 bits per heavy atom. The summed E-state index contributed by atoms with van der Waals surface area (Å²) < 4.78 is 6.54. The lowest BCUT2D eigenvalue weighted by Crippen LogP contribution is -2.10. The Bertz CT molecular complexity index is 1150. The summed E-state index contributed by atoms with van der Waals surface area (Å²) in [6.45, 7) is 4.10. The molecule has 0 radical (unpaired) electrons. The third-order valence-corrected chi connectivity index (χ3v) is 5.94. The first-order valence-corrected chi connectivity index (χ1v) is 9.57. The highest BCUT2D eigenvalue weighted by molar-refractivity contribution is 7.21. The molecule has 27 heavy (non-hydrogen) atoms. The Hall–Kier alpha value is -2.70. The van der Waals surface area contributed by atoms with Crippen molar-refractivity contribution < 1.29 is 9.21 Å². The molecule has 4 rings (SSSR count). The van der Waals surface area contributed by atoms with E-state index < -0.39 is 0 Å². The number of nitrogens with zero attached hydrogens (tertiary/aromatic N) is 2. The molecule has 0 unspecified atom stereocenters. The van der Waals surface area contributed by atoms with Gasteiger partial charge in [-0.25, -0.2) is 0 Å². The highest BCUT2D eigenvalue weighted by Gasteiger charge is 2.19. The summed E-state index contributed by atoms with van der Waals surface area (Å²) in [5, 5.41) is 11.9. The van der Waals surface area contributed by atoms with Crippen molar-refractivity contribution in [2.24, 2.45) is 0 Å². The molecule has 0 aliphatic rings. The van der Waals surface area contributed by atoms with E-state index in [1.54, 1.807) is 0 Å². The number of carbonyl (C=O) groups excluding carboxylic acids is 1. The van der Waals surface area contributed by atoms with Crippen LogP contribution in [0, 0.1) is 13.8 Å². The number of hydrogen-bond donors (Lipinski definition) is 1. The smallest absolute Gasteiger partial charge is 0.322 e. The van der Waals surface area contributed by atoms with Crippen molar-refractivity contribution in [3.8, 4) is 0 Å². The molecule has 2 aromatic heterocycles. The fourth-order valence-electron chi connectivity index (χ4n) is 2.90. The maximum atomic E-state index is 12.6. The first-order valence-electron chi connectivity index (χ1n) is 8.38. The van der Waals surface area contributed by atoms with Crippen LogP contribution in [0.2, 0.25) is 5.02 Å². The van der Waals surface area contributed by atoms with Crippen LogP contribution in [0.5, 0.6) is 0 Å². The quantitative estimate of drug-likeness (QED) is 0.500. The van der Waals surface area contributed by atoms with Crippen LogP contribution in [0.25, 0.3) is 10.1 Å². The minimum atomic E-state index is -0.358. The number of fused-ring (bicyclic) bond motifs is 1. The molecule has 0 fully saturated rings. The molecule has 1 amide bonds. The third kappa shape index (κ3) is 3.59. The van der Waals surface area contributed by atoms with E-state index in [2.05, 4.69) is 28.5 Å². The molecule has 136 valence electrons. The zero-order valence-electron chi connectivity index (χ0n) is 14.7. The van der Waals surface area contributed by atoms with Gasteiger partial charge in [0.05, 0.1) is 11.4 Å². The molecule has 2 heterocycles. The number of anilines is 1. The minimum Gasteiger partial charge on any atom is -0.407 e. The lowest BCUT2D eigenvalue weighted by atomic mass is 10.0. The first-order chi connectivity index (χ1) is 13.0. The van der Waals surface area contributed by atoms with Crippen molar-refractivity contribution in [3.05, 3.63) is 74.9 Å². The van der Waals surface area contributed by atoms with Crippen LogP contribution in [-0.4, -0.2) is 16.1 Å². The molecule has 0 atom stereocenters. The van der Waals surface area contributed by atoms with Crippen molar-refractivity contribution in [1.82, 2.24) is 10.2 Å². The summed E-state index contributed by atoms with van der Waals surface area (Å²) in [7, 11) is 0. The normalized spacial score (nSPS) is 11.1. The molecule has 0 aliphatic carbocycles. The minimum absolute atomic E-state index is 0.0632. The van der Waals surface area contributed by atoms with Crippen molar-refractivity contribution in [2.75, 3.05) is 5.32 Å². The van der Waals surface area contributed by atoms with Crippen molar-refractivity contribution in [2.45, 2.75) is 20.3 Å². The molecule has 4 aromatic rings. The number of carbonyl (C=O) groups is 1. The van der Waals surface area contributed by atoms with Gasteiger partial charge in [0.1, 0.15) is 4.88 Å². The van der Waals surface area contributed by atoms with Crippen molar-refractivity contribution in [1.29, 1.82) is 0 Å². The van der Waals surface area contributed by atoms with E-state index >= 15 is 0 Å². The molecular weight excluding hydrogens is 382 g/mol. The van der Waals surface area contributed by atoms with Crippen molar-refractivity contribution in [3.63, 3.8) is 0 Å². The van der Waals surface area contributed by atoms with Crippen LogP contribution in [0.15, 0.2) is 46.9 Å². The average molecular weight is 398 g/mol. The topological polar surface area (TPSA) is 68.0 Å². The molecule has 5 nitrogen and oxygen atoms in total. The number of aromatic nitrogens is 2. The van der Waals surface area contributed by atoms with Crippen LogP contribution in [0.3, 0.4) is 0 Å². The predicted octanol–water partition coefficient (Wildman–Crippen LogP) is 5.40. The Labute approximate surface area is 165 Å². The van der Waals surface area contributed by atoms with E-state index in [0.717, 1.165) is 21.2 Å². The molecule has 0 saturated carbocycles. The standard InChI is InChI=1S/C20H16ClN3O2S/c1-11-7-8-13(12(2)9-11)10-16-23-24-20(26-16)22-19(25)18-17(21)14-5-3-4-6-15(14)27-18/h3-9H,10H2,1-2H3,(H,22,24,25). The van der Waals surface area contributed by atoms with Gasteiger partial charge in [-0.2, -0.15) is 0 Å². The number of thiophene rings is 1. The zero-order valence-corrected chi connectivity index (χ0v) is 16.3. The highest BCUT2D eigenvalue weighted by atomic mass is 35.5. The molecule has 2 aromatic carbocycles. The third-order valence-electron chi connectivity index (χ3n) is 4.27. The second-order valence-electron chi connectivity index (χ2n) is 6.30. The predicted molar refractivity (Wildman–Crippen MR) is 108 cm³/mol. The van der Waals surface area contributed by atoms with Gasteiger partial charge in [-0.3, -0.25) is 10.1 Å². The SMILES string of the molecule is Cc1ccc(Cc2nnc(NC(=O)c3sc4ccccc4c3Cl)o2)c(C)c1. The van der Waals surface area contributed by atoms with E-state index in [4.69, 9.17) is 16.0 Å². The van der Waals surface area contributed by atoms with Gasteiger partial charge in [0.15, 0.2) is 0 Å². The van der Waals surface area contributed by atoms with Crippen LogP contribution < -0.4 is 5.32 Å². The fourth-order valence-corrected chi connectivity index (χ4v) is 4.31. The Balaban J connectivity index is 1.51. The summed E-state index contributed by atoms with van der Waals surface area (Å²) >= 11 is 7.67. The number of nitrogens with one attached hydrogen (secondary N) is 1.